The lowest BCUT2D eigenvalue weighted by Crippen LogP contribution is -2.48. The monoisotopic (exact) mass is 427 g/mol. The molecule has 1 aliphatic carbocycles. The second-order valence-corrected chi connectivity index (χ2v) is 8.68. The van der Waals surface area contributed by atoms with Crippen LogP contribution in [-0.4, -0.2) is 50.1 Å². The maximum absolute atomic E-state index is 9.60. The molecule has 2 aromatic rings. The highest BCUT2D eigenvalue weighted by molar-refractivity contribution is 5.50. The van der Waals surface area contributed by atoms with Crippen molar-refractivity contribution in [3.05, 3.63) is 47.5 Å². The number of hydrogen-bond acceptors (Lipinski definition) is 6. The molecule has 0 unspecified atom stereocenters. The average molecular weight is 428 g/mol. The molecule has 2 aromatic carbocycles. The highest BCUT2D eigenvalue weighted by Gasteiger charge is 2.41. The van der Waals surface area contributed by atoms with Gasteiger partial charge in [0, 0.05) is 43.4 Å². The van der Waals surface area contributed by atoms with Crippen molar-refractivity contribution in [2.45, 2.75) is 44.4 Å². The number of ether oxygens (including phenoxy) is 4. The highest BCUT2D eigenvalue weighted by Crippen LogP contribution is 2.41. The zero-order valence-electron chi connectivity index (χ0n) is 18.7. The Balaban J connectivity index is 1.65. The summed E-state index contributed by atoms with van der Waals surface area (Å²) in [5, 5.41) is 9.60. The van der Waals surface area contributed by atoms with E-state index in [1.165, 1.54) is 5.56 Å². The minimum absolute atomic E-state index is 0.234. The fourth-order valence-corrected chi connectivity index (χ4v) is 4.92. The number of para-hydroxylation sites is 1. The number of rotatable bonds is 6. The molecule has 1 saturated carbocycles. The third kappa shape index (κ3) is 4.60. The first-order chi connectivity index (χ1) is 15.1. The summed E-state index contributed by atoms with van der Waals surface area (Å²) in [6.07, 6.45) is 3.89. The van der Waals surface area contributed by atoms with Crippen molar-refractivity contribution in [3.63, 3.8) is 0 Å². The predicted octanol–water partition coefficient (Wildman–Crippen LogP) is 4.03. The normalized spacial score (nSPS) is 23.5. The molecule has 0 saturated heterocycles. The summed E-state index contributed by atoms with van der Waals surface area (Å²) in [5.41, 5.74) is 2.02. The van der Waals surface area contributed by atoms with E-state index < -0.39 is 0 Å². The molecule has 1 N–H and O–H groups in total. The first kappa shape index (κ1) is 21.8. The van der Waals surface area contributed by atoms with E-state index in [0.29, 0.717) is 24.0 Å². The number of hydrogen-bond donors (Lipinski definition) is 1. The van der Waals surface area contributed by atoms with Crippen LogP contribution in [0.15, 0.2) is 36.4 Å². The number of fused-ring (bicyclic) bond motifs is 1. The SMILES string of the molecule is COc1cc(OC)c(OC)cc1CN1Cc2ccccc2OC2(CCC(CO)CC2)C1. The number of aliphatic hydroxyl groups excluding tert-OH is 1. The molecule has 1 fully saturated rings. The summed E-state index contributed by atoms with van der Waals surface area (Å²) < 4.78 is 23.3. The molecule has 4 rings (SSSR count). The Labute approximate surface area is 184 Å². The third-order valence-corrected chi connectivity index (χ3v) is 6.66. The van der Waals surface area contributed by atoms with Crippen molar-refractivity contribution in [2.75, 3.05) is 34.5 Å². The Bertz CT molecular complexity index is 891. The lowest BCUT2D eigenvalue weighted by molar-refractivity contribution is -0.0155. The molecular weight excluding hydrogens is 394 g/mol. The van der Waals surface area contributed by atoms with Crippen LogP contribution in [-0.2, 0) is 13.1 Å². The van der Waals surface area contributed by atoms with Gasteiger partial charge in [0.2, 0.25) is 0 Å². The number of methoxy groups -OCH3 is 3. The van der Waals surface area contributed by atoms with Crippen molar-refractivity contribution in [2.24, 2.45) is 5.92 Å². The van der Waals surface area contributed by atoms with E-state index in [4.69, 9.17) is 18.9 Å². The molecule has 0 aromatic heterocycles. The van der Waals surface area contributed by atoms with Gasteiger partial charge >= 0.3 is 0 Å². The topological polar surface area (TPSA) is 60.4 Å². The molecule has 0 bridgehead atoms. The van der Waals surface area contributed by atoms with Crippen molar-refractivity contribution in [3.8, 4) is 23.0 Å². The van der Waals surface area contributed by atoms with E-state index in [-0.39, 0.29) is 12.2 Å². The van der Waals surface area contributed by atoms with E-state index in [9.17, 15) is 5.11 Å². The standard InChI is InChI=1S/C25H33NO5/c1-28-22-13-24(30-3)23(29-2)12-20(22)15-26-14-19-6-4-5-7-21(19)31-25(17-26)10-8-18(16-27)9-11-25/h4-7,12-13,18,27H,8-11,14-17H2,1-3H3. The quantitative estimate of drug-likeness (QED) is 0.751. The second kappa shape index (κ2) is 9.37. The minimum Gasteiger partial charge on any atom is -0.496 e. The van der Waals surface area contributed by atoms with Crippen LogP contribution in [0.3, 0.4) is 0 Å². The third-order valence-electron chi connectivity index (χ3n) is 6.66. The van der Waals surface area contributed by atoms with Crippen LogP contribution in [0, 0.1) is 5.92 Å². The van der Waals surface area contributed by atoms with Crippen molar-refractivity contribution >= 4 is 0 Å². The molecule has 31 heavy (non-hydrogen) atoms. The summed E-state index contributed by atoms with van der Waals surface area (Å²) in [7, 11) is 4.97. The van der Waals surface area contributed by atoms with Crippen LogP contribution in [0.5, 0.6) is 23.0 Å². The molecule has 6 heteroatoms. The van der Waals surface area contributed by atoms with Crippen molar-refractivity contribution in [1.29, 1.82) is 0 Å². The van der Waals surface area contributed by atoms with E-state index in [1.54, 1.807) is 21.3 Å². The fraction of sp³-hybridized carbons (Fsp3) is 0.520. The van der Waals surface area contributed by atoms with Gasteiger partial charge in [0.05, 0.1) is 21.3 Å². The summed E-state index contributed by atoms with van der Waals surface area (Å²) in [5.74, 6) is 3.50. The van der Waals surface area contributed by atoms with Gasteiger partial charge in [-0.2, -0.15) is 0 Å². The van der Waals surface area contributed by atoms with Crippen LogP contribution < -0.4 is 18.9 Å². The van der Waals surface area contributed by atoms with Crippen LogP contribution in [0.4, 0.5) is 0 Å². The molecule has 6 nitrogen and oxygen atoms in total. The zero-order chi connectivity index (χ0) is 21.8. The van der Waals surface area contributed by atoms with Gasteiger partial charge < -0.3 is 24.1 Å². The lowest BCUT2D eigenvalue weighted by Gasteiger charge is -2.41. The maximum atomic E-state index is 9.60. The van der Waals surface area contributed by atoms with Gasteiger partial charge in [-0.25, -0.2) is 0 Å². The van der Waals surface area contributed by atoms with Crippen LogP contribution in [0.2, 0.25) is 0 Å². The zero-order valence-corrected chi connectivity index (χ0v) is 18.7. The number of aliphatic hydroxyl groups is 1. The summed E-state index contributed by atoms with van der Waals surface area (Å²) in [4.78, 5) is 2.44. The molecule has 1 heterocycles. The molecule has 0 amide bonds. The Morgan fingerprint density at radius 2 is 1.68 bits per heavy atom. The summed E-state index contributed by atoms with van der Waals surface area (Å²) in [6, 6.07) is 12.2. The first-order valence-electron chi connectivity index (χ1n) is 11.0. The van der Waals surface area contributed by atoms with Gasteiger partial charge in [-0.05, 0) is 43.7 Å². The van der Waals surface area contributed by atoms with Crippen molar-refractivity contribution in [1.82, 2.24) is 4.90 Å². The van der Waals surface area contributed by atoms with Gasteiger partial charge in [-0.3, -0.25) is 4.90 Å². The first-order valence-corrected chi connectivity index (χ1v) is 11.0. The highest BCUT2D eigenvalue weighted by atomic mass is 16.5. The molecule has 0 atom stereocenters. The van der Waals surface area contributed by atoms with Crippen molar-refractivity contribution < 1.29 is 24.1 Å². The average Bonchev–Trinajstić information content (AvgIpc) is 2.95. The van der Waals surface area contributed by atoms with Gasteiger partial charge in [0.15, 0.2) is 11.5 Å². The Morgan fingerprint density at radius 1 is 1.00 bits per heavy atom. The summed E-state index contributed by atoms with van der Waals surface area (Å²) in [6.45, 7) is 2.61. The predicted molar refractivity (Wildman–Crippen MR) is 119 cm³/mol. The molecule has 1 spiro atoms. The Kier molecular flexibility index (Phi) is 6.58. The molecule has 1 aliphatic heterocycles. The number of nitrogens with zero attached hydrogens (tertiary/aromatic N) is 1. The smallest absolute Gasteiger partial charge is 0.164 e. The molecular formula is C25H33NO5. The van der Waals surface area contributed by atoms with E-state index in [2.05, 4.69) is 23.1 Å². The van der Waals surface area contributed by atoms with Gasteiger partial charge in [0.1, 0.15) is 17.1 Å². The van der Waals surface area contributed by atoms with Crippen LogP contribution >= 0.6 is 0 Å². The van der Waals surface area contributed by atoms with Gasteiger partial charge in [-0.15, -0.1) is 0 Å². The Morgan fingerprint density at radius 3 is 2.35 bits per heavy atom. The maximum Gasteiger partial charge on any atom is 0.164 e. The molecule has 0 radical (unpaired) electrons. The minimum atomic E-state index is -0.234. The van der Waals surface area contributed by atoms with Crippen LogP contribution in [0.1, 0.15) is 36.8 Å². The van der Waals surface area contributed by atoms with Gasteiger partial charge in [0.25, 0.3) is 0 Å². The van der Waals surface area contributed by atoms with E-state index in [1.807, 2.05) is 18.2 Å². The lowest BCUT2D eigenvalue weighted by atomic mass is 9.78. The number of benzene rings is 2. The molecule has 2 aliphatic rings. The van der Waals surface area contributed by atoms with E-state index >= 15 is 0 Å². The summed E-state index contributed by atoms with van der Waals surface area (Å²) >= 11 is 0. The fourth-order valence-electron chi connectivity index (χ4n) is 4.92. The van der Waals surface area contributed by atoms with E-state index in [0.717, 1.165) is 55.8 Å². The molecule has 168 valence electrons. The van der Waals surface area contributed by atoms with Gasteiger partial charge in [-0.1, -0.05) is 18.2 Å². The Hall–Kier alpha value is -2.44. The largest absolute Gasteiger partial charge is 0.496 e. The van der Waals surface area contributed by atoms with Crippen LogP contribution in [0.25, 0.3) is 0 Å². The second-order valence-electron chi connectivity index (χ2n) is 8.68.